The quantitative estimate of drug-likeness (QED) is 0.161. The average molecular weight is 593 g/mol. The van der Waals surface area contributed by atoms with Crippen molar-refractivity contribution in [3.05, 3.63) is 111 Å². The lowest BCUT2D eigenvalue weighted by Gasteiger charge is -2.20. The highest BCUT2D eigenvalue weighted by Gasteiger charge is 2.17. The van der Waals surface area contributed by atoms with Crippen molar-refractivity contribution < 1.29 is 28.8 Å². The smallest absolute Gasteiger partial charge is 0.346 e. The summed E-state index contributed by atoms with van der Waals surface area (Å²) in [5.74, 6) is 0.635. The second kappa shape index (κ2) is 13.0. The first-order chi connectivity index (χ1) is 20.9. The second-order valence-corrected chi connectivity index (χ2v) is 10.0. The third kappa shape index (κ3) is 6.73. The third-order valence-corrected chi connectivity index (χ3v) is 7.14. The van der Waals surface area contributed by atoms with Gasteiger partial charge in [-0.3, -0.25) is 0 Å². The maximum Gasteiger partial charge on any atom is 0.346 e. The monoisotopic (exact) mass is 592 g/mol. The molecule has 8 nitrogen and oxygen atoms in total. The first kappa shape index (κ1) is 29.1. The van der Waals surface area contributed by atoms with Gasteiger partial charge in [0.15, 0.2) is 11.5 Å². The van der Waals surface area contributed by atoms with Crippen molar-refractivity contribution in [2.45, 2.75) is 20.1 Å². The number of aliphatic carboxylic acids is 1. The van der Waals surface area contributed by atoms with Gasteiger partial charge in [-0.05, 0) is 71.1 Å². The van der Waals surface area contributed by atoms with E-state index in [1.807, 2.05) is 43.3 Å². The number of rotatable bonds is 9. The van der Waals surface area contributed by atoms with Gasteiger partial charge in [-0.15, -0.1) is 0 Å². The maximum absolute atomic E-state index is 11.5. The molecule has 0 saturated heterocycles. The van der Waals surface area contributed by atoms with E-state index < -0.39 is 11.5 Å². The Bertz CT molecular complexity index is 1820. The Morgan fingerprint density at radius 1 is 0.953 bits per heavy atom. The topological polar surface area (TPSA) is 122 Å². The van der Waals surface area contributed by atoms with Crippen molar-refractivity contribution in [3.8, 4) is 46.3 Å². The Kier molecular flexibility index (Phi) is 8.81. The van der Waals surface area contributed by atoms with Gasteiger partial charge in [-0.1, -0.05) is 48.0 Å². The number of benzene rings is 4. The highest BCUT2D eigenvalue weighted by atomic mass is 35.5. The van der Waals surface area contributed by atoms with Crippen LogP contribution in [0.25, 0.3) is 17.2 Å². The molecule has 0 spiro atoms. The van der Waals surface area contributed by atoms with E-state index in [0.717, 1.165) is 33.6 Å². The van der Waals surface area contributed by atoms with Gasteiger partial charge < -0.3 is 24.1 Å². The van der Waals surface area contributed by atoms with Crippen LogP contribution in [0.2, 0.25) is 5.02 Å². The molecule has 0 saturated carbocycles. The minimum atomic E-state index is -1.38. The van der Waals surface area contributed by atoms with E-state index in [-0.39, 0.29) is 24.0 Å². The normalized spacial score (nSPS) is 12.1. The maximum atomic E-state index is 11.5. The first-order valence-corrected chi connectivity index (χ1v) is 13.7. The van der Waals surface area contributed by atoms with Gasteiger partial charge >= 0.3 is 5.97 Å². The van der Waals surface area contributed by atoms with E-state index in [9.17, 15) is 20.4 Å². The molecule has 0 radical (unpaired) electrons. The molecular formula is C34H25ClN2O6. The van der Waals surface area contributed by atoms with Gasteiger partial charge in [0.25, 0.3) is 0 Å². The SMILES string of the molecule is Cc1c(COc2cc(OCc3cccc(C#N)c3)c(/C=C(\C#N)C(=O)O)cc2Cl)cccc1-c1ccc2c(c1)OCCO2. The van der Waals surface area contributed by atoms with Crippen LogP contribution in [-0.2, 0) is 18.0 Å². The molecule has 0 aliphatic carbocycles. The van der Waals surface area contributed by atoms with Crippen LogP contribution in [0.1, 0.15) is 27.8 Å². The molecule has 1 aliphatic heterocycles. The molecule has 0 bridgehead atoms. The molecule has 1 N–H and O–H groups in total. The third-order valence-electron chi connectivity index (χ3n) is 6.85. The van der Waals surface area contributed by atoms with Crippen molar-refractivity contribution in [2.24, 2.45) is 0 Å². The van der Waals surface area contributed by atoms with Crippen LogP contribution < -0.4 is 18.9 Å². The first-order valence-electron chi connectivity index (χ1n) is 13.3. The van der Waals surface area contributed by atoms with Crippen molar-refractivity contribution in [2.75, 3.05) is 13.2 Å². The molecule has 43 heavy (non-hydrogen) atoms. The zero-order chi connectivity index (χ0) is 30.3. The fourth-order valence-corrected chi connectivity index (χ4v) is 4.83. The fraction of sp³-hybridized carbons (Fsp3) is 0.147. The van der Waals surface area contributed by atoms with Crippen LogP contribution in [0, 0.1) is 29.6 Å². The zero-order valence-electron chi connectivity index (χ0n) is 23.1. The van der Waals surface area contributed by atoms with Gasteiger partial charge in [0, 0.05) is 11.6 Å². The molecule has 1 aliphatic rings. The van der Waals surface area contributed by atoms with E-state index in [2.05, 4.69) is 6.07 Å². The van der Waals surface area contributed by atoms with Gasteiger partial charge in [0.1, 0.15) is 49.6 Å². The van der Waals surface area contributed by atoms with E-state index in [4.69, 9.17) is 30.5 Å². The Balaban J connectivity index is 1.42. The number of halogens is 1. The summed E-state index contributed by atoms with van der Waals surface area (Å²) in [5, 5.41) is 28.1. The van der Waals surface area contributed by atoms with Crippen molar-refractivity contribution in [1.82, 2.24) is 0 Å². The molecule has 0 atom stereocenters. The predicted molar refractivity (Wildman–Crippen MR) is 160 cm³/mol. The van der Waals surface area contributed by atoms with Gasteiger partial charge in [-0.2, -0.15) is 10.5 Å². The summed E-state index contributed by atoms with van der Waals surface area (Å²) >= 11 is 6.56. The average Bonchev–Trinajstić information content (AvgIpc) is 3.02. The van der Waals surface area contributed by atoms with Crippen LogP contribution in [-0.4, -0.2) is 24.3 Å². The minimum Gasteiger partial charge on any atom is -0.488 e. The molecule has 1 heterocycles. The second-order valence-electron chi connectivity index (χ2n) is 9.63. The largest absolute Gasteiger partial charge is 0.488 e. The predicted octanol–water partition coefficient (Wildman–Crippen LogP) is 7.11. The Morgan fingerprint density at radius 2 is 1.72 bits per heavy atom. The zero-order valence-corrected chi connectivity index (χ0v) is 23.9. The summed E-state index contributed by atoms with van der Waals surface area (Å²) in [6.45, 7) is 3.33. The van der Waals surface area contributed by atoms with Crippen LogP contribution in [0.3, 0.4) is 0 Å². The lowest BCUT2D eigenvalue weighted by atomic mass is 9.96. The van der Waals surface area contributed by atoms with Crippen LogP contribution in [0.15, 0.2) is 78.4 Å². The number of fused-ring (bicyclic) bond motifs is 1. The lowest BCUT2D eigenvalue weighted by molar-refractivity contribution is -0.132. The Labute approximate surface area is 253 Å². The molecule has 0 amide bonds. The summed E-state index contributed by atoms with van der Waals surface area (Å²) in [5.41, 5.74) is 4.98. The van der Waals surface area contributed by atoms with Crippen LogP contribution >= 0.6 is 11.6 Å². The van der Waals surface area contributed by atoms with Crippen molar-refractivity contribution in [3.63, 3.8) is 0 Å². The van der Waals surface area contributed by atoms with E-state index >= 15 is 0 Å². The molecule has 214 valence electrons. The molecule has 9 heteroatoms. The number of nitriles is 2. The summed E-state index contributed by atoms with van der Waals surface area (Å²) < 4.78 is 23.6. The number of hydrogen-bond acceptors (Lipinski definition) is 7. The minimum absolute atomic E-state index is 0.0864. The number of nitrogens with zero attached hydrogens (tertiary/aromatic N) is 2. The summed E-state index contributed by atoms with van der Waals surface area (Å²) in [4.78, 5) is 11.5. The highest BCUT2D eigenvalue weighted by molar-refractivity contribution is 6.32. The van der Waals surface area contributed by atoms with Gasteiger partial charge in [-0.25, -0.2) is 4.79 Å². The van der Waals surface area contributed by atoms with E-state index in [1.54, 1.807) is 36.4 Å². The summed E-state index contributed by atoms with van der Waals surface area (Å²) in [7, 11) is 0. The number of carbonyl (C=O) groups is 1. The molecule has 5 rings (SSSR count). The van der Waals surface area contributed by atoms with Gasteiger partial charge in [0.2, 0.25) is 0 Å². The summed E-state index contributed by atoms with van der Waals surface area (Å²) in [6, 6.07) is 25.6. The number of carboxylic acid groups (broad SMARTS) is 1. The highest BCUT2D eigenvalue weighted by Crippen LogP contribution is 2.38. The standard InChI is InChI=1S/C34H25ClN2O6/c1-21-25(6-3-7-28(21)24-8-9-30-33(15-24)41-11-10-40-30)20-43-32-16-31(42-19-23-5-2-4-22(12-23)17-36)26(14-29(32)35)13-27(18-37)34(38)39/h2-9,12-16H,10-11,19-20H2,1H3,(H,38,39)/b27-13+. The van der Waals surface area contributed by atoms with Gasteiger partial charge in [0.05, 0.1) is 16.7 Å². The molecule has 4 aromatic rings. The van der Waals surface area contributed by atoms with Crippen molar-refractivity contribution in [1.29, 1.82) is 10.5 Å². The molecular weight excluding hydrogens is 568 g/mol. The Morgan fingerprint density at radius 3 is 2.49 bits per heavy atom. The summed E-state index contributed by atoms with van der Waals surface area (Å²) in [6.07, 6.45) is 1.19. The number of ether oxygens (including phenoxy) is 4. The molecule has 0 aromatic heterocycles. The number of hydrogen-bond donors (Lipinski definition) is 1. The van der Waals surface area contributed by atoms with Crippen LogP contribution in [0.4, 0.5) is 0 Å². The van der Waals surface area contributed by atoms with Crippen LogP contribution in [0.5, 0.6) is 23.0 Å². The molecule has 0 fully saturated rings. The molecule has 4 aromatic carbocycles. The fourth-order valence-electron chi connectivity index (χ4n) is 4.61. The number of carboxylic acids is 1. The van der Waals surface area contributed by atoms with E-state index in [1.165, 1.54) is 12.1 Å². The van der Waals surface area contributed by atoms with E-state index in [0.29, 0.717) is 35.8 Å². The molecule has 0 unspecified atom stereocenters. The Hall–Kier alpha value is -5.44. The lowest BCUT2D eigenvalue weighted by Crippen LogP contribution is -2.15. The van der Waals surface area contributed by atoms with Crippen molar-refractivity contribution >= 4 is 23.6 Å².